The van der Waals surface area contributed by atoms with Crippen LogP contribution in [0, 0.1) is 0 Å². The van der Waals surface area contributed by atoms with E-state index >= 15 is 0 Å². The van der Waals surface area contributed by atoms with Crippen LogP contribution in [-0.2, 0) is 6.54 Å². The Kier molecular flexibility index (Phi) is 7.45. The molecule has 27 heavy (non-hydrogen) atoms. The van der Waals surface area contributed by atoms with Crippen molar-refractivity contribution >= 4 is 6.08 Å². The molecule has 0 saturated carbocycles. The van der Waals surface area contributed by atoms with Gasteiger partial charge in [0, 0.05) is 50.9 Å². The molecule has 144 valence electrons. The van der Waals surface area contributed by atoms with Crippen molar-refractivity contribution in [2.24, 2.45) is 0 Å². The van der Waals surface area contributed by atoms with Gasteiger partial charge in [0.1, 0.15) is 5.75 Å². The Morgan fingerprint density at radius 2 is 1.85 bits per heavy atom. The Morgan fingerprint density at radius 1 is 1.07 bits per heavy atom. The third-order valence-electron chi connectivity index (χ3n) is 5.18. The molecule has 1 N–H and O–H groups in total. The van der Waals surface area contributed by atoms with Crippen LogP contribution in [0.3, 0.4) is 0 Å². The van der Waals surface area contributed by atoms with E-state index in [2.05, 4.69) is 58.4 Å². The van der Waals surface area contributed by atoms with Crippen LogP contribution in [0.25, 0.3) is 6.08 Å². The van der Waals surface area contributed by atoms with Gasteiger partial charge in [-0.3, -0.25) is 9.80 Å². The molecule has 0 aromatic heterocycles. The second kappa shape index (κ2) is 10.3. The minimum atomic E-state index is 0.237. The molecular weight excluding hydrogens is 336 g/mol. The molecule has 0 unspecified atom stereocenters. The molecule has 1 fully saturated rings. The number of piperazine rings is 1. The topological polar surface area (TPSA) is 35.9 Å². The molecule has 1 aliphatic heterocycles. The molecule has 0 bridgehead atoms. The van der Waals surface area contributed by atoms with Crippen LogP contribution in [0.15, 0.2) is 60.7 Å². The van der Waals surface area contributed by atoms with E-state index < -0.39 is 0 Å². The van der Waals surface area contributed by atoms with Crippen molar-refractivity contribution in [2.75, 3.05) is 39.9 Å². The molecule has 2 aromatic rings. The summed E-state index contributed by atoms with van der Waals surface area (Å²) >= 11 is 0. The number of methoxy groups -OCH3 is 1. The minimum Gasteiger partial charge on any atom is -0.496 e. The van der Waals surface area contributed by atoms with Gasteiger partial charge in [0.25, 0.3) is 0 Å². The Hall–Kier alpha value is -2.14. The Balaban J connectivity index is 1.57. The lowest BCUT2D eigenvalue weighted by Gasteiger charge is -2.41. The third-order valence-corrected chi connectivity index (χ3v) is 5.18. The SMILES string of the molecule is COc1ccccc1/C=C/CN1CCN(Cc2ccccc2)[C@H](CCO)C1. The molecule has 0 radical (unpaired) electrons. The first kappa shape index (κ1) is 19.6. The van der Waals surface area contributed by atoms with Gasteiger partial charge in [0.2, 0.25) is 0 Å². The number of aliphatic hydroxyl groups excluding tert-OH is 1. The molecule has 4 nitrogen and oxygen atoms in total. The first-order valence-electron chi connectivity index (χ1n) is 9.71. The van der Waals surface area contributed by atoms with E-state index in [0.29, 0.717) is 6.04 Å². The lowest BCUT2D eigenvalue weighted by molar-refractivity contribution is 0.0597. The summed E-state index contributed by atoms with van der Waals surface area (Å²) in [6.07, 6.45) is 5.16. The largest absolute Gasteiger partial charge is 0.496 e. The number of nitrogens with zero attached hydrogens (tertiary/aromatic N) is 2. The maximum atomic E-state index is 9.50. The minimum absolute atomic E-state index is 0.237. The monoisotopic (exact) mass is 366 g/mol. The molecule has 0 amide bonds. The van der Waals surface area contributed by atoms with Crippen LogP contribution < -0.4 is 4.74 Å². The molecule has 0 aliphatic carbocycles. The number of hydrogen-bond donors (Lipinski definition) is 1. The standard InChI is InChI=1S/C23H30N2O2/c1-27-23-12-6-5-10-21(23)11-7-14-24-15-16-25(22(19-24)13-17-26)18-20-8-3-2-4-9-20/h2-12,22,26H,13-19H2,1H3/b11-7+/t22-/m1/s1. The van der Waals surface area contributed by atoms with Gasteiger partial charge >= 0.3 is 0 Å². The fourth-order valence-electron chi connectivity index (χ4n) is 3.70. The van der Waals surface area contributed by atoms with Crippen molar-refractivity contribution in [1.29, 1.82) is 0 Å². The number of aliphatic hydroxyl groups is 1. The van der Waals surface area contributed by atoms with E-state index in [1.165, 1.54) is 5.56 Å². The predicted molar refractivity (Wildman–Crippen MR) is 111 cm³/mol. The van der Waals surface area contributed by atoms with Gasteiger partial charge in [-0.15, -0.1) is 0 Å². The fourth-order valence-corrected chi connectivity index (χ4v) is 3.70. The van der Waals surface area contributed by atoms with Gasteiger partial charge in [-0.1, -0.05) is 60.7 Å². The van der Waals surface area contributed by atoms with E-state index in [9.17, 15) is 5.11 Å². The van der Waals surface area contributed by atoms with Gasteiger partial charge in [-0.25, -0.2) is 0 Å². The van der Waals surface area contributed by atoms with Crippen molar-refractivity contribution < 1.29 is 9.84 Å². The smallest absolute Gasteiger partial charge is 0.126 e. The number of benzene rings is 2. The normalized spacial score (nSPS) is 18.8. The second-order valence-corrected chi connectivity index (χ2v) is 7.03. The second-order valence-electron chi connectivity index (χ2n) is 7.03. The van der Waals surface area contributed by atoms with Gasteiger partial charge in [-0.05, 0) is 18.1 Å². The summed E-state index contributed by atoms with van der Waals surface area (Å²) in [6.45, 7) is 5.17. The summed E-state index contributed by atoms with van der Waals surface area (Å²) < 4.78 is 5.41. The van der Waals surface area contributed by atoms with Crippen LogP contribution >= 0.6 is 0 Å². The highest BCUT2D eigenvalue weighted by molar-refractivity contribution is 5.57. The van der Waals surface area contributed by atoms with Crippen molar-refractivity contribution in [3.63, 3.8) is 0 Å². The molecule has 3 rings (SSSR count). The van der Waals surface area contributed by atoms with Gasteiger partial charge < -0.3 is 9.84 Å². The van der Waals surface area contributed by atoms with Gasteiger partial charge in [-0.2, -0.15) is 0 Å². The van der Waals surface area contributed by atoms with Crippen LogP contribution in [0.2, 0.25) is 0 Å². The fraction of sp³-hybridized carbons (Fsp3) is 0.391. The maximum Gasteiger partial charge on any atom is 0.126 e. The number of hydrogen-bond acceptors (Lipinski definition) is 4. The summed E-state index contributed by atoms with van der Waals surface area (Å²) in [7, 11) is 1.71. The Morgan fingerprint density at radius 3 is 2.63 bits per heavy atom. The van der Waals surface area contributed by atoms with Crippen LogP contribution in [-0.4, -0.2) is 60.8 Å². The summed E-state index contributed by atoms with van der Waals surface area (Å²) in [4.78, 5) is 4.97. The molecule has 1 heterocycles. The molecule has 1 atom stereocenters. The van der Waals surface area contributed by atoms with Crippen molar-refractivity contribution in [3.8, 4) is 5.75 Å². The Labute approximate surface area is 162 Å². The van der Waals surface area contributed by atoms with Crippen molar-refractivity contribution in [2.45, 2.75) is 19.0 Å². The van der Waals surface area contributed by atoms with Crippen LogP contribution in [0.5, 0.6) is 5.75 Å². The van der Waals surface area contributed by atoms with E-state index in [-0.39, 0.29) is 6.61 Å². The Bertz CT molecular complexity index is 717. The number of rotatable bonds is 8. The van der Waals surface area contributed by atoms with Gasteiger partial charge in [0.15, 0.2) is 0 Å². The van der Waals surface area contributed by atoms with Crippen molar-refractivity contribution in [1.82, 2.24) is 9.80 Å². The molecule has 1 aliphatic rings. The number of ether oxygens (including phenoxy) is 1. The van der Waals surface area contributed by atoms with Crippen LogP contribution in [0.1, 0.15) is 17.5 Å². The third kappa shape index (κ3) is 5.67. The number of para-hydroxylation sites is 1. The molecule has 4 heteroatoms. The summed E-state index contributed by atoms with van der Waals surface area (Å²) in [5.74, 6) is 0.902. The van der Waals surface area contributed by atoms with E-state index in [4.69, 9.17) is 4.74 Å². The molecular formula is C23H30N2O2. The maximum absolute atomic E-state index is 9.50. The summed E-state index contributed by atoms with van der Waals surface area (Å²) in [5.41, 5.74) is 2.44. The van der Waals surface area contributed by atoms with Gasteiger partial charge in [0.05, 0.1) is 7.11 Å². The summed E-state index contributed by atoms with van der Waals surface area (Å²) in [5, 5.41) is 9.50. The lowest BCUT2D eigenvalue weighted by Crippen LogP contribution is -2.52. The summed E-state index contributed by atoms with van der Waals surface area (Å²) in [6, 6.07) is 19.1. The van der Waals surface area contributed by atoms with E-state index in [0.717, 1.165) is 50.5 Å². The first-order valence-corrected chi connectivity index (χ1v) is 9.71. The molecule has 1 saturated heterocycles. The average Bonchev–Trinajstić information content (AvgIpc) is 2.71. The highest BCUT2D eigenvalue weighted by atomic mass is 16.5. The highest BCUT2D eigenvalue weighted by Gasteiger charge is 2.25. The lowest BCUT2D eigenvalue weighted by atomic mass is 10.1. The highest BCUT2D eigenvalue weighted by Crippen LogP contribution is 2.20. The quantitative estimate of drug-likeness (QED) is 0.778. The zero-order valence-corrected chi connectivity index (χ0v) is 16.1. The zero-order chi connectivity index (χ0) is 18.9. The predicted octanol–water partition coefficient (Wildman–Crippen LogP) is 3.28. The molecule has 0 spiro atoms. The van der Waals surface area contributed by atoms with Crippen molar-refractivity contribution in [3.05, 3.63) is 71.8 Å². The average molecular weight is 367 g/mol. The first-order chi connectivity index (χ1) is 13.3. The van der Waals surface area contributed by atoms with Crippen LogP contribution in [0.4, 0.5) is 0 Å². The van der Waals surface area contributed by atoms with E-state index in [1.807, 2.05) is 18.2 Å². The zero-order valence-electron chi connectivity index (χ0n) is 16.1. The molecule has 2 aromatic carbocycles. The van der Waals surface area contributed by atoms with E-state index in [1.54, 1.807) is 7.11 Å².